The van der Waals surface area contributed by atoms with Gasteiger partial charge in [-0.05, 0) is 63.3 Å². The van der Waals surface area contributed by atoms with Gasteiger partial charge < -0.3 is 40.2 Å². The van der Waals surface area contributed by atoms with Gasteiger partial charge in [0.2, 0.25) is 5.91 Å². The van der Waals surface area contributed by atoms with E-state index in [1.807, 2.05) is 20.8 Å². The Morgan fingerprint density at radius 2 is 1.07 bits per heavy atom. The first-order chi connectivity index (χ1) is 40.0. The molecule has 478 valence electrons. The summed E-state index contributed by atoms with van der Waals surface area (Å²) in [5.74, 6) is -1.02. The molecule has 0 aliphatic heterocycles. The summed E-state index contributed by atoms with van der Waals surface area (Å²) in [5.41, 5.74) is -0.819. The van der Waals surface area contributed by atoms with Crippen molar-refractivity contribution in [3.05, 3.63) is 50.3 Å². The standard InChI is InChI=1S/C47H92NO9P.C18H22N2O5/c1-5-8-10-12-14-16-18-20-22-24-26-28-30-32-34-36-46(50)54-41-44(42-56-58(52,53)55-39-38-48-45(49)40-43(4)7-3)57-47(51)37-35-33-31-29-27-25-23-21-19-17-15-13-11-9-6-2;1-4-18(3,10-21)20-17(24)11-6-8-12(9-7-11)19-13-14(22)15(23)16(13)25-5-2/h43-44H,5-42H2,1-4H3,(H,48,49)(H,52,53);6-9,19,21H,4-5,10H2,1-3H3,(H,20,24)/t43?,44-;/m1./s1. The average Bonchev–Trinajstić information content (AvgIpc) is 3.68. The summed E-state index contributed by atoms with van der Waals surface area (Å²) in [7, 11) is -4.51. The summed E-state index contributed by atoms with van der Waals surface area (Å²) >= 11 is 0. The molecule has 17 nitrogen and oxygen atoms in total. The zero-order chi connectivity index (χ0) is 61.4. The molecule has 0 aliphatic rings. The van der Waals surface area contributed by atoms with Crippen LogP contribution in [-0.4, -0.2) is 85.0 Å². The number of aliphatic hydroxyl groups excluding tert-OH is 1. The number of phosphoric ester groups is 1. The molecular weight excluding hydrogens is 1080 g/mol. The van der Waals surface area contributed by atoms with Crippen molar-refractivity contribution in [3.63, 3.8) is 0 Å². The van der Waals surface area contributed by atoms with Gasteiger partial charge in [-0.1, -0.05) is 221 Å². The van der Waals surface area contributed by atoms with Gasteiger partial charge in [0.05, 0.1) is 32.0 Å². The summed E-state index contributed by atoms with van der Waals surface area (Å²) in [5, 5.41) is 17.7. The number of carbonyl (C=O) groups is 4. The lowest BCUT2D eigenvalue weighted by molar-refractivity contribution is -0.161. The van der Waals surface area contributed by atoms with Gasteiger partial charge in [0.1, 0.15) is 12.3 Å². The predicted octanol–water partition coefficient (Wildman–Crippen LogP) is 15.0. The number of anilines is 2. The van der Waals surface area contributed by atoms with Crippen LogP contribution in [0.15, 0.2) is 33.9 Å². The lowest BCUT2D eigenvalue weighted by Gasteiger charge is -2.27. The number of rotatable bonds is 53. The molecule has 0 aromatic heterocycles. The van der Waals surface area contributed by atoms with Crippen LogP contribution < -0.4 is 31.5 Å². The second kappa shape index (κ2) is 49.0. The molecule has 4 atom stereocenters. The van der Waals surface area contributed by atoms with Gasteiger partial charge in [0, 0.05) is 37.1 Å². The minimum atomic E-state index is -4.51. The normalized spacial score (nSPS) is 13.5. The van der Waals surface area contributed by atoms with Crippen molar-refractivity contribution in [2.24, 2.45) is 5.92 Å². The summed E-state index contributed by atoms with van der Waals surface area (Å²) in [6.07, 6.45) is 38.4. The Hall–Kier alpha value is -4.15. The first-order valence-corrected chi connectivity index (χ1v) is 34.0. The molecule has 0 fully saturated rings. The summed E-state index contributed by atoms with van der Waals surface area (Å²) in [6, 6.07) is 6.45. The number of hydrogen-bond donors (Lipinski definition) is 5. The highest BCUT2D eigenvalue weighted by Crippen LogP contribution is 2.43. The lowest BCUT2D eigenvalue weighted by Crippen LogP contribution is -2.48. The van der Waals surface area contributed by atoms with Crippen LogP contribution in [0, 0.1) is 5.92 Å². The molecule has 0 bridgehead atoms. The molecule has 2 amide bonds. The Kier molecular flexibility index (Phi) is 45.4. The summed E-state index contributed by atoms with van der Waals surface area (Å²) in [6.45, 7) is 13.1. The first-order valence-electron chi connectivity index (χ1n) is 32.5. The summed E-state index contributed by atoms with van der Waals surface area (Å²) < 4.78 is 38.9. The van der Waals surface area contributed by atoms with E-state index in [1.165, 1.54) is 148 Å². The average molecular weight is 1190 g/mol. The van der Waals surface area contributed by atoms with Gasteiger partial charge >= 0.3 is 19.8 Å². The van der Waals surface area contributed by atoms with Gasteiger partial charge in [-0.3, -0.25) is 37.8 Å². The second-order valence-corrected chi connectivity index (χ2v) is 24.3. The molecule has 2 rings (SSSR count). The van der Waals surface area contributed by atoms with Crippen LogP contribution in [0.5, 0.6) is 5.75 Å². The molecule has 0 saturated carbocycles. The van der Waals surface area contributed by atoms with E-state index in [2.05, 4.69) is 29.8 Å². The molecule has 0 aliphatic carbocycles. The van der Waals surface area contributed by atoms with Gasteiger partial charge in [-0.2, -0.15) is 0 Å². The molecular formula is C65H114N3O14P. The molecule has 0 radical (unpaired) electrons. The van der Waals surface area contributed by atoms with Crippen LogP contribution in [0.25, 0.3) is 0 Å². The maximum absolute atomic E-state index is 12.7. The van der Waals surface area contributed by atoms with Crippen molar-refractivity contribution in [3.8, 4) is 5.75 Å². The molecule has 83 heavy (non-hydrogen) atoms. The van der Waals surface area contributed by atoms with Crippen LogP contribution in [0.2, 0.25) is 0 Å². The fourth-order valence-electron chi connectivity index (χ4n) is 9.20. The molecule has 0 heterocycles. The quantitative estimate of drug-likeness (QED) is 0.0179. The van der Waals surface area contributed by atoms with Crippen LogP contribution in [0.4, 0.5) is 11.4 Å². The smallest absolute Gasteiger partial charge is 0.472 e. The van der Waals surface area contributed by atoms with Crippen molar-refractivity contribution >= 4 is 43.0 Å². The number of carbonyl (C=O) groups excluding carboxylic acids is 4. The molecule has 18 heteroatoms. The maximum atomic E-state index is 12.7. The zero-order valence-electron chi connectivity index (χ0n) is 52.7. The zero-order valence-corrected chi connectivity index (χ0v) is 53.6. The molecule has 0 saturated heterocycles. The lowest BCUT2D eigenvalue weighted by atomic mass is 9.99. The van der Waals surface area contributed by atoms with Crippen LogP contribution >= 0.6 is 7.82 Å². The molecule has 3 unspecified atom stereocenters. The number of aliphatic hydroxyl groups is 1. The Labute approximate surface area is 500 Å². The van der Waals surface area contributed by atoms with E-state index in [9.17, 15) is 43.3 Å². The second-order valence-electron chi connectivity index (χ2n) is 22.9. The fraction of sp³-hybridized carbons (Fsp3) is 0.785. The van der Waals surface area contributed by atoms with E-state index in [1.54, 1.807) is 38.1 Å². The highest BCUT2D eigenvalue weighted by Gasteiger charge is 2.27. The van der Waals surface area contributed by atoms with E-state index in [0.717, 1.165) is 44.9 Å². The van der Waals surface area contributed by atoms with Crippen LogP contribution in [0.1, 0.15) is 284 Å². The highest BCUT2D eigenvalue weighted by atomic mass is 31.2. The largest absolute Gasteiger partial charge is 0.488 e. The van der Waals surface area contributed by atoms with E-state index >= 15 is 0 Å². The van der Waals surface area contributed by atoms with Gasteiger partial charge in [-0.25, -0.2) is 4.57 Å². The number of esters is 2. The molecule has 2 aromatic carbocycles. The minimum Gasteiger partial charge on any atom is -0.488 e. The van der Waals surface area contributed by atoms with Crippen LogP contribution in [-0.2, 0) is 37.5 Å². The van der Waals surface area contributed by atoms with E-state index < -0.39 is 48.9 Å². The first kappa shape index (κ1) is 76.9. The third kappa shape index (κ3) is 39.2. The van der Waals surface area contributed by atoms with Gasteiger partial charge in [-0.15, -0.1) is 0 Å². The van der Waals surface area contributed by atoms with Gasteiger partial charge in [0.25, 0.3) is 16.8 Å². The van der Waals surface area contributed by atoms with Crippen molar-refractivity contribution in [2.75, 3.05) is 44.9 Å². The Morgan fingerprint density at radius 1 is 0.614 bits per heavy atom. The number of benzene rings is 1. The molecule has 2 aromatic rings. The Morgan fingerprint density at radius 3 is 1.51 bits per heavy atom. The van der Waals surface area contributed by atoms with Gasteiger partial charge in [0.15, 0.2) is 11.9 Å². The molecule has 5 N–H and O–H groups in total. The van der Waals surface area contributed by atoms with Crippen molar-refractivity contribution < 1.29 is 57.0 Å². The number of hydrogen-bond acceptors (Lipinski definition) is 14. The topological polar surface area (TPSA) is 242 Å². The number of phosphoric acid groups is 1. The number of amides is 2. The van der Waals surface area contributed by atoms with E-state index in [4.69, 9.17) is 23.3 Å². The van der Waals surface area contributed by atoms with Crippen molar-refractivity contribution in [1.29, 1.82) is 0 Å². The predicted molar refractivity (Wildman–Crippen MR) is 334 cm³/mol. The SMILES string of the molecule is CCCCCCCCCCCCCCCCCC(=O)OC[C@H](COP(=O)(O)OCCNC(=O)CC(C)CC)OC(=O)CCCCCCCCCCCCCCCCC.CCOc1c(Nc2ccc(C(=O)NC(C)(CC)CO)cc2)c(=O)c1=O. The minimum absolute atomic E-state index is 0.0379. The fourth-order valence-corrected chi connectivity index (χ4v) is 9.95. The van der Waals surface area contributed by atoms with Crippen molar-refractivity contribution in [1.82, 2.24) is 10.6 Å². The Bertz CT molecular complexity index is 2110. The summed E-state index contributed by atoms with van der Waals surface area (Å²) in [4.78, 5) is 82.8. The number of unbranched alkanes of at least 4 members (excludes halogenated alkanes) is 28. The monoisotopic (exact) mass is 1190 g/mol. The maximum Gasteiger partial charge on any atom is 0.472 e. The third-order valence-corrected chi connectivity index (χ3v) is 16.1. The Balaban J connectivity index is 0.00000113. The number of nitrogens with one attached hydrogen (secondary N) is 3. The highest BCUT2D eigenvalue weighted by molar-refractivity contribution is 7.47. The van der Waals surface area contributed by atoms with Crippen molar-refractivity contribution in [2.45, 2.75) is 285 Å². The van der Waals surface area contributed by atoms with E-state index in [-0.39, 0.29) is 68.4 Å². The van der Waals surface area contributed by atoms with E-state index in [0.29, 0.717) is 37.1 Å². The third-order valence-electron chi connectivity index (χ3n) is 15.1. The molecule has 0 spiro atoms. The van der Waals surface area contributed by atoms with Crippen LogP contribution in [0.3, 0.4) is 0 Å². The number of ether oxygens (including phenoxy) is 3.